The zero-order valence-electron chi connectivity index (χ0n) is 10.6. The zero-order valence-corrected chi connectivity index (χ0v) is 11.4. The smallest absolute Gasteiger partial charge is 0.250 e. The van der Waals surface area contributed by atoms with Crippen LogP contribution in [0.15, 0.2) is 64.4 Å². The van der Waals surface area contributed by atoms with Gasteiger partial charge in [-0.1, -0.05) is 42.1 Å². The number of amides is 1. The Morgan fingerprint density at radius 2 is 1.79 bits per heavy atom. The molecule has 2 aromatic rings. The standard InChI is InChI=1S/C15H15NO2S/c1-18-11-15(17)16-13-9-5-6-10-14(13)19-12-7-3-2-4-8-12/h2-10H,11H2,1H3,(H,16,17). The van der Waals surface area contributed by atoms with Crippen LogP contribution in [0.2, 0.25) is 0 Å². The summed E-state index contributed by atoms with van der Waals surface area (Å²) in [7, 11) is 1.50. The molecule has 0 fully saturated rings. The van der Waals surface area contributed by atoms with Crippen molar-refractivity contribution in [2.24, 2.45) is 0 Å². The van der Waals surface area contributed by atoms with Crippen molar-refractivity contribution in [1.29, 1.82) is 0 Å². The number of para-hydroxylation sites is 1. The highest BCUT2D eigenvalue weighted by atomic mass is 32.2. The summed E-state index contributed by atoms with van der Waals surface area (Å²) in [5.74, 6) is -0.149. The lowest BCUT2D eigenvalue weighted by molar-refractivity contribution is -0.119. The molecule has 0 saturated carbocycles. The molecule has 0 heterocycles. The number of benzene rings is 2. The number of hydrogen-bond donors (Lipinski definition) is 1. The Labute approximate surface area is 117 Å². The van der Waals surface area contributed by atoms with Gasteiger partial charge >= 0.3 is 0 Å². The van der Waals surface area contributed by atoms with Crippen LogP contribution in [-0.4, -0.2) is 19.6 Å². The summed E-state index contributed by atoms with van der Waals surface area (Å²) in [6, 6.07) is 17.8. The molecule has 1 amide bonds. The van der Waals surface area contributed by atoms with Crippen LogP contribution >= 0.6 is 11.8 Å². The molecule has 98 valence electrons. The third-order valence-corrected chi connectivity index (χ3v) is 3.49. The molecule has 3 nitrogen and oxygen atoms in total. The molecule has 19 heavy (non-hydrogen) atoms. The molecule has 1 N–H and O–H groups in total. The van der Waals surface area contributed by atoms with Crippen molar-refractivity contribution in [1.82, 2.24) is 0 Å². The highest BCUT2D eigenvalue weighted by Crippen LogP contribution is 2.32. The van der Waals surface area contributed by atoms with E-state index >= 15 is 0 Å². The lowest BCUT2D eigenvalue weighted by Crippen LogP contribution is -2.17. The average molecular weight is 273 g/mol. The summed E-state index contributed by atoms with van der Waals surface area (Å²) in [6.45, 7) is 0.0599. The predicted molar refractivity (Wildman–Crippen MR) is 77.5 cm³/mol. The first kappa shape index (κ1) is 13.6. The van der Waals surface area contributed by atoms with Gasteiger partial charge in [-0.25, -0.2) is 0 Å². The van der Waals surface area contributed by atoms with Crippen LogP contribution in [-0.2, 0) is 9.53 Å². The Morgan fingerprint density at radius 3 is 2.53 bits per heavy atom. The van der Waals surface area contributed by atoms with Crippen LogP contribution in [0.25, 0.3) is 0 Å². The van der Waals surface area contributed by atoms with Gasteiger partial charge in [-0.2, -0.15) is 0 Å². The number of carbonyl (C=O) groups is 1. The quantitative estimate of drug-likeness (QED) is 0.907. The first-order valence-electron chi connectivity index (χ1n) is 5.90. The topological polar surface area (TPSA) is 38.3 Å². The second-order valence-electron chi connectivity index (χ2n) is 3.89. The molecule has 0 radical (unpaired) electrons. The van der Waals surface area contributed by atoms with Crippen LogP contribution in [0.1, 0.15) is 0 Å². The molecule has 0 unspecified atom stereocenters. The van der Waals surface area contributed by atoms with E-state index < -0.39 is 0 Å². The van der Waals surface area contributed by atoms with Crippen molar-refractivity contribution in [2.45, 2.75) is 9.79 Å². The van der Waals surface area contributed by atoms with E-state index in [-0.39, 0.29) is 12.5 Å². The minimum atomic E-state index is -0.149. The molecule has 0 spiro atoms. The number of nitrogens with one attached hydrogen (secondary N) is 1. The normalized spacial score (nSPS) is 10.2. The Bertz CT molecular complexity index is 543. The van der Waals surface area contributed by atoms with E-state index in [2.05, 4.69) is 5.32 Å². The predicted octanol–water partition coefficient (Wildman–Crippen LogP) is 3.42. The number of rotatable bonds is 5. The molecule has 0 aliphatic heterocycles. The van der Waals surface area contributed by atoms with E-state index in [1.165, 1.54) is 7.11 Å². The maximum atomic E-state index is 11.6. The van der Waals surface area contributed by atoms with E-state index in [0.717, 1.165) is 15.5 Å². The maximum Gasteiger partial charge on any atom is 0.250 e. The van der Waals surface area contributed by atoms with Gasteiger partial charge in [0.15, 0.2) is 0 Å². The van der Waals surface area contributed by atoms with Crippen molar-refractivity contribution in [2.75, 3.05) is 19.0 Å². The lowest BCUT2D eigenvalue weighted by atomic mass is 10.3. The number of methoxy groups -OCH3 is 1. The molecule has 0 atom stereocenters. The fraction of sp³-hybridized carbons (Fsp3) is 0.133. The second-order valence-corrected chi connectivity index (χ2v) is 5.01. The van der Waals surface area contributed by atoms with Crippen LogP contribution in [0.5, 0.6) is 0 Å². The molecule has 0 saturated heterocycles. The van der Waals surface area contributed by atoms with Gasteiger partial charge in [0.2, 0.25) is 5.91 Å². The van der Waals surface area contributed by atoms with E-state index in [4.69, 9.17) is 4.74 Å². The summed E-state index contributed by atoms with van der Waals surface area (Å²) in [5.41, 5.74) is 0.804. The van der Waals surface area contributed by atoms with E-state index in [1.54, 1.807) is 11.8 Å². The highest BCUT2D eigenvalue weighted by Gasteiger charge is 2.07. The summed E-state index contributed by atoms with van der Waals surface area (Å²) in [6.07, 6.45) is 0. The molecule has 2 rings (SSSR count). The Hall–Kier alpha value is -1.78. The van der Waals surface area contributed by atoms with Gasteiger partial charge < -0.3 is 10.1 Å². The van der Waals surface area contributed by atoms with E-state index in [1.807, 2.05) is 54.6 Å². The van der Waals surface area contributed by atoms with Crippen LogP contribution in [0.3, 0.4) is 0 Å². The minimum absolute atomic E-state index is 0.0599. The van der Waals surface area contributed by atoms with Gasteiger partial charge in [0.05, 0.1) is 5.69 Å². The Balaban J connectivity index is 2.14. The van der Waals surface area contributed by atoms with Crippen molar-refractivity contribution in [3.05, 3.63) is 54.6 Å². The van der Waals surface area contributed by atoms with Gasteiger partial charge in [-0.15, -0.1) is 0 Å². The third kappa shape index (κ3) is 4.12. The van der Waals surface area contributed by atoms with E-state index in [9.17, 15) is 4.79 Å². The van der Waals surface area contributed by atoms with E-state index in [0.29, 0.717) is 0 Å². The zero-order chi connectivity index (χ0) is 13.5. The minimum Gasteiger partial charge on any atom is -0.375 e. The molecular formula is C15H15NO2S. The first-order valence-corrected chi connectivity index (χ1v) is 6.72. The number of hydrogen-bond acceptors (Lipinski definition) is 3. The lowest BCUT2D eigenvalue weighted by Gasteiger charge is -2.10. The fourth-order valence-corrected chi connectivity index (χ4v) is 2.51. The maximum absolute atomic E-state index is 11.6. The van der Waals surface area contributed by atoms with Crippen molar-refractivity contribution < 1.29 is 9.53 Å². The Kier molecular flexibility index (Phi) is 5.01. The van der Waals surface area contributed by atoms with Crippen LogP contribution < -0.4 is 5.32 Å². The molecule has 2 aromatic carbocycles. The number of carbonyl (C=O) groups excluding carboxylic acids is 1. The van der Waals surface area contributed by atoms with Crippen molar-refractivity contribution in [3.63, 3.8) is 0 Å². The van der Waals surface area contributed by atoms with Gasteiger partial charge in [0.1, 0.15) is 6.61 Å². The number of anilines is 1. The summed E-state index contributed by atoms with van der Waals surface area (Å²) < 4.78 is 4.82. The van der Waals surface area contributed by atoms with Crippen molar-refractivity contribution >= 4 is 23.4 Å². The summed E-state index contributed by atoms with van der Waals surface area (Å²) >= 11 is 1.62. The third-order valence-electron chi connectivity index (χ3n) is 2.41. The highest BCUT2D eigenvalue weighted by molar-refractivity contribution is 7.99. The monoisotopic (exact) mass is 273 g/mol. The summed E-state index contributed by atoms with van der Waals surface area (Å²) in [4.78, 5) is 13.7. The average Bonchev–Trinajstić information content (AvgIpc) is 2.42. The Morgan fingerprint density at radius 1 is 1.11 bits per heavy atom. The molecule has 0 bridgehead atoms. The van der Waals surface area contributed by atoms with Gasteiger partial charge in [-0.05, 0) is 24.3 Å². The number of ether oxygens (including phenoxy) is 1. The van der Waals surface area contributed by atoms with Crippen molar-refractivity contribution in [3.8, 4) is 0 Å². The van der Waals surface area contributed by atoms with Crippen LogP contribution in [0, 0.1) is 0 Å². The van der Waals surface area contributed by atoms with Crippen LogP contribution in [0.4, 0.5) is 5.69 Å². The largest absolute Gasteiger partial charge is 0.375 e. The summed E-state index contributed by atoms with van der Waals surface area (Å²) in [5, 5.41) is 2.85. The molecule has 0 aromatic heterocycles. The van der Waals surface area contributed by atoms with Gasteiger partial charge in [-0.3, -0.25) is 4.79 Å². The van der Waals surface area contributed by atoms with Gasteiger partial charge in [0, 0.05) is 16.9 Å². The molecule has 4 heteroatoms. The van der Waals surface area contributed by atoms with Gasteiger partial charge in [0.25, 0.3) is 0 Å². The second kappa shape index (κ2) is 6.97. The molecule has 0 aliphatic rings. The fourth-order valence-electron chi connectivity index (χ4n) is 1.59. The first-order chi connectivity index (χ1) is 9.29. The SMILES string of the molecule is COCC(=O)Nc1ccccc1Sc1ccccc1. The molecular weight excluding hydrogens is 258 g/mol. The molecule has 0 aliphatic carbocycles.